The summed E-state index contributed by atoms with van der Waals surface area (Å²) in [6, 6.07) is 3.77. The highest BCUT2D eigenvalue weighted by atomic mass is 32.1. The number of carbonyl (C=O) groups excluding carboxylic acids is 1. The van der Waals surface area contributed by atoms with Gasteiger partial charge in [0.15, 0.2) is 0 Å². The molecule has 1 amide bonds. The quantitative estimate of drug-likeness (QED) is 0.702. The van der Waals surface area contributed by atoms with Gasteiger partial charge in [-0.05, 0) is 30.7 Å². The smallest absolute Gasteiger partial charge is 0.478 e. The van der Waals surface area contributed by atoms with Crippen molar-refractivity contribution < 1.29 is 24.4 Å². The highest BCUT2D eigenvalue weighted by Gasteiger charge is 2.63. The van der Waals surface area contributed by atoms with Crippen molar-refractivity contribution >= 4 is 30.3 Å². The highest BCUT2D eigenvalue weighted by molar-refractivity contribution is 7.10. The molecule has 2 fully saturated rings. The van der Waals surface area contributed by atoms with Crippen molar-refractivity contribution in [2.45, 2.75) is 37.2 Å². The van der Waals surface area contributed by atoms with Crippen LogP contribution in [0.3, 0.4) is 0 Å². The highest BCUT2D eigenvalue weighted by Crippen LogP contribution is 2.52. The van der Waals surface area contributed by atoms with Crippen LogP contribution < -0.4 is 5.32 Å². The molecular formula is C13H16BNO5S. The second-order valence-corrected chi connectivity index (χ2v) is 6.67. The Kier molecular flexibility index (Phi) is 3.77. The minimum Gasteiger partial charge on any atom is -0.481 e. The Labute approximate surface area is 126 Å². The van der Waals surface area contributed by atoms with E-state index in [1.165, 1.54) is 11.3 Å². The zero-order valence-electron chi connectivity index (χ0n) is 11.3. The Hall–Kier alpha value is -1.38. The van der Waals surface area contributed by atoms with E-state index in [0.717, 1.165) is 4.88 Å². The van der Waals surface area contributed by atoms with Crippen LogP contribution >= 0.6 is 11.3 Å². The summed E-state index contributed by atoms with van der Waals surface area (Å²) >= 11 is 1.51. The lowest BCUT2D eigenvalue weighted by Gasteiger charge is -2.32. The van der Waals surface area contributed by atoms with Gasteiger partial charge in [0, 0.05) is 4.88 Å². The lowest BCUT2D eigenvalue weighted by molar-refractivity contribution is -0.140. The van der Waals surface area contributed by atoms with Crippen LogP contribution in [0.25, 0.3) is 0 Å². The van der Waals surface area contributed by atoms with Gasteiger partial charge < -0.3 is 20.1 Å². The van der Waals surface area contributed by atoms with E-state index in [2.05, 4.69) is 5.32 Å². The zero-order valence-corrected chi connectivity index (χ0v) is 12.1. The predicted molar refractivity (Wildman–Crippen MR) is 76.7 cm³/mol. The Morgan fingerprint density at radius 2 is 2.38 bits per heavy atom. The number of hydrogen-bond donors (Lipinski definition) is 3. The normalized spacial score (nSPS) is 31.2. The second-order valence-electron chi connectivity index (χ2n) is 5.64. The molecule has 1 saturated heterocycles. The molecule has 3 rings (SSSR count). The summed E-state index contributed by atoms with van der Waals surface area (Å²) in [6.45, 7) is 0. The van der Waals surface area contributed by atoms with E-state index in [9.17, 15) is 14.6 Å². The Bertz CT molecular complexity index is 551. The summed E-state index contributed by atoms with van der Waals surface area (Å²) < 4.78 is 5.47. The maximum absolute atomic E-state index is 11.9. The molecule has 2 unspecified atom stereocenters. The molecule has 1 aliphatic heterocycles. The molecule has 112 valence electrons. The minimum atomic E-state index is -1.14. The number of amides is 1. The molecule has 2 aliphatic rings. The molecule has 3 N–H and O–H groups in total. The van der Waals surface area contributed by atoms with Gasteiger partial charge in [-0.15, -0.1) is 11.3 Å². The van der Waals surface area contributed by atoms with Gasteiger partial charge in [0.1, 0.15) is 0 Å². The number of hydrogen-bond acceptors (Lipinski definition) is 5. The summed E-state index contributed by atoms with van der Waals surface area (Å²) in [6.07, 6.45) is 1.80. The maximum Gasteiger partial charge on any atom is 0.478 e. The summed E-state index contributed by atoms with van der Waals surface area (Å²) in [4.78, 5) is 23.8. The first-order valence-corrected chi connectivity index (χ1v) is 7.78. The number of carboxylic acids is 1. The summed E-state index contributed by atoms with van der Waals surface area (Å²) in [5, 5.41) is 23.6. The van der Waals surface area contributed by atoms with Crippen molar-refractivity contribution in [2.24, 2.45) is 5.92 Å². The third-order valence-corrected chi connectivity index (χ3v) is 5.04. The number of thiophene rings is 1. The molecular weight excluding hydrogens is 293 g/mol. The van der Waals surface area contributed by atoms with Crippen molar-refractivity contribution in [3.63, 3.8) is 0 Å². The van der Waals surface area contributed by atoms with Crippen LogP contribution in [-0.2, 0) is 20.7 Å². The third kappa shape index (κ3) is 2.97. The fraction of sp³-hybridized carbons (Fsp3) is 0.538. The fourth-order valence-corrected chi connectivity index (χ4v) is 3.61. The molecule has 1 aromatic rings. The Morgan fingerprint density at radius 1 is 1.57 bits per heavy atom. The molecule has 1 aromatic heterocycles. The molecule has 0 bridgehead atoms. The van der Waals surface area contributed by atoms with Crippen molar-refractivity contribution in [3.8, 4) is 0 Å². The third-order valence-electron chi connectivity index (χ3n) is 4.16. The van der Waals surface area contributed by atoms with Gasteiger partial charge >= 0.3 is 13.1 Å². The van der Waals surface area contributed by atoms with E-state index < -0.39 is 30.5 Å². The van der Waals surface area contributed by atoms with Gasteiger partial charge in [0.2, 0.25) is 5.91 Å². The number of rotatable bonds is 4. The molecule has 6 nitrogen and oxygen atoms in total. The molecule has 1 saturated carbocycles. The van der Waals surface area contributed by atoms with Crippen molar-refractivity contribution in [3.05, 3.63) is 22.4 Å². The monoisotopic (exact) mass is 309 g/mol. The molecule has 3 atom stereocenters. The van der Waals surface area contributed by atoms with Gasteiger partial charge in [-0.25, -0.2) is 0 Å². The van der Waals surface area contributed by atoms with Crippen LogP contribution in [0.5, 0.6) is 0 Å². The van der Waals surface area contributed by atoms with Gasteiger partial charge in [0.25, 0.3) is 0 Å². The number of carboxylic acid groups (broad SMARTS) is 1. The van der Waals surface area contributed by atoms with E-state index in [4.69, 9.17) is 9.76 Å². The van der Waals surface area contributed by atoms with Gasteiger partial charge in [-0.3, -0.25) is 9.59 Å². The van der Waals surface area contributed by atoms with Gasteiger partial charge in [-0.2, -0.15) is 0 Å². The van der Waals surface area contributed by atoms with E-state index in [1.807, 2.05) is 17.5 Å². The van der Waals surface area contributed by atoms with Crippen molar-refractivity contribution in [1.29, 1.82) is 0 Å². The van der Waals surface area contributed by atoms with Crippen LogP contribution in [0.1, 0.15) is 24.1 Å². The maximum atomic E-state index is 11.9. The van der Waals surface area contributed by atoms with Gasteiger partial charge in [0.05, 0.1) is 23.9 Å². The fourth-order valence-electron chi connectivity index (χ4n) is 2.90. The molecule has 1 spiro atoms. The first-order chi connectivity index (χ1) is 10.00. The molecule has 1 aliphatic carbocycles. The number of carbonyl (C=O) groups is 2. The van der Waals surface area contributed by atoms with Crippen molar-refractivity contribution in [2.75, 3.05) is 0 Å². The lowest BCUT2D eigenvalue weighted by Crippen LogP contribution is -2.54. The van der Waals surface area contributed by atoms with E-state index in [-0.39, 0.29) is 12.3 Å². The summed E-state index contributed by atoms with van der Waals surface area (Å²) in [7, 11) is -1.14. The van der Waals surface area contributed by atoms with E-state index in [1.54, 1.807) is 0 Å². The minimum absolute atomic E-state index is 0.161. The average molecular weight is 309 g/mol. The molecule has 2 heterocycles. The standard InChI is InChI=1S/C13H16BNO5S/c16-11(6-8-2-1-5-21-8)15-10-3-4-13(20-14(10)19)7-9(13)12(17)18/h1-2,5,9-10,19H,3-4,6-7H2,(H,15,16)(H,17,18)/t9?,10?,13-/m1/s1. The molecule has 0 aromatic carbocycles. The first-order valence-electron chi connectivity index (χ1n) is 6.91. The molecule has 8 heteroatoms. The second kappa shape index (κ2) is 5.44. The Balaban J connectivity index is 1.52. The average Bonchev–Trinajstić information content (AvgIpc) is 2.87. The van der Waals surface area contributed by atoms with Crippen LogP contribution in [0.15, 0.2) is 17.5 Å². The Morgan fingerprint density at radius 3 is 2.95 bits per heavy atom. The topological polar surface area (TPSA) is 95.9 Å². The van der Waals surface area contributed by atoms with Crippen LogP contribution in [0.4, 0.5) is 0 Å². The lowest BCUT2D eigenvalue weighted by atomic mass is 9.71. The van der Waals surface area contributed by atoms with Crippen LogP contribution in [0.2, 0.25) is 0 Å². The largest absolute Gasteiger partial charge is 0.481 e. The molecule has 21 heavy (non-hydrogen) atoms. The van der Waals surface area contributed by atoms with Crippen LogP contribution in [-0.4, -0.2) is 40.7 Å². The summed E-state index contributed by atoms with van der Waals surface area (Å²) in [5.41, 5.74) is -0.722. The number of nitrogens with one attached hydrogen (secondary N) is 1. The van der Waals surface area contributed by atoms with Crippen LogP contribution in [0, 0.1) is 5.92 Å². The molecule has 0 radical (unpaired) electrons. The van der Waals surface area contributed by atoms with E-state index >= 15 is 0 Å². The van der Waals surface area contributed by atoms with Crippen molar-refractivity contribution in [1.82, 2.24) is 5.32 Å². The van der Waals surface area contributed by atoms with Gasteiger partial charge in [-0.1, -0.05) is 6.07 Å². The SMILES string of the molecule is O=C(Cc1cccs1)NC1CC[C@]2(CC2C(=O)O)OB1O. The number of aliphatic carboxylic acids is 1. The predicted octanol–water partition coefficient (Wildman–Crippen LogP) is 0.449. The van der Waals surface area contributed by atoms with E-state index in [0.29, 0.717) is 19.3 Å². The summed E-state index contributed by atoms with van der Waals surface area (Å²) in [5.74, 6) is -2.05. The first kappa shape index (κ1) is 14.6. The zero-order chi connectivity index (χ0) is 15.0.